The number of nitrogens with one attached hydrogen (secondary N) is 2. The summed E-state index contributed by atoms with van der Waals surface area (Å²) in [6, 6.07) is 5.01. The van der Waals surface area contributed by atoms with E-state index in [1.54, 1.807) is 19.1 Å². The smallest absolute Gasteiger partial charge is 0.257 e. The van der Waals surface area contributed by atoms with Gasteiger partial charge in [0, 0.05) is 17.0 Å². The molecule has 0 fully saturated rings. The molecular weight excluding hydrogens is 286 g/mol. The summed E-state index contributed by atoms with van der Waals surface area (Å²) in [5.41, 5.74) is 2.06. The number of hydrogen-bond donors (Lipinski definition) is 3. The summed E-state index contributed by atoms with van der Waals surface area (Å²) in [5.74, 6) is -0.162. The maximum absolute atomic E-state index is 12.1. The molecular formula is C15H19N3O2S. The first-order valence-corrected chi connectivity index (χ1v) is 7.69. The zero-order valence-electron chi connectivity index (χ0n) is 12.3. The zero-order chi connectivity index (χ0) is 15.4. The lowest BCUT2D eigenvalue weighted by Crippen LogP contribution is -2.18. The van der Waals surface area contributed by atoms with Crippen molar-refractivity contribution in [3.8, 4) is 5.75 Å². The predicted molar refractivity (Wildman–Crippen MR) is 85.0 cm³/mol. The van der Waals surface area contributed by atoms with Crippen LogP contribution in [0, 0.1) is 6.92 Å². The Morgan fingerprint density at radius 3 is 2.90 bits per heavy atom. The highest BCUT2D eigenvalue weighted by molar-refractivity contribution is 7.14. The van der Waals surface area contributed by atoms with Gasteiger partial charge in [-0.15, -0.1) is 11.3 Å². The summed E-state index contributed by atoms with van der Waals surface area (Å²) in [5, 5.41) is 18.2. The molecule has 0 spiro atoms. The third kappa shape index (κ3) is 3.80. The second-order valence-electron chi connectivity index (χ2n) is 4.81. The van der Waals surface area contributed by atoms with Crippen LogP contribution in [-0.2, 0) is 0 Å². The number of nitrogens with zero attached hydrogens (tertiary/aromatic N) is 1. The van der Waals surface area contributed by atoms with E-state index >= 15 is 0 Å². The van der Waals surface area contributed by atoms with Gasteiger partial charge in [-0.25, -0.2) is 4.98 Å². The number of rotatable bonds is 5. The van der Waals surface area contributed by atoms with Crippen LogP contribution in [0.25, 0.3) is 0 Å². The molecule has 21 heavy (non-hydrogen) atoms. The van der Waals surface area contributed by atoms with E-state index < -0.39 is 0 Å². The summed E-state index contributed by atoms with van der Waals surface area (Å²) in [7, 11) is 0. The SMILES string of the molecule is CCNC(C)c1csc(NC(=O)c2ccc(C)c(O)c2)n1. The largest absolute Gasteiger partial charge is 0.508 e. The molecule has 0 saturated carbocycles. The van der Waals surface area contributed by atoms with Crippen molar-refractivity contribution < 1.29 is 9.90 Å². The van der Waals surface area contributed by atoms with E-state index in [1.807, 2.05) is 19.2 Å². The summed E-state index contributed by atoms with van der Waals surface area (Å²) < 4.78 is 0. The van der Waals surface area contributed by atoms with Crippen LogP contribution in [0.4, 0.5) is 5.13 Å². The van der Waals surface area contributed by atoms with Gasteiger partial charge in [0.25, 0.3) is 5.91 Å². The van der Waals surface area contributed by atoms with Crippen LogP contribution in [0.15, 0.2) is 23.6 Å². The van der Waals surface area contributed by atoms with Crippen LogP contribution >= 0.6 is 11.3 Å². The molecule has 0 aliphatic heterocycles. The fourth-order valence-corrected chi connectivity index (χ4v) is 2.67. The number of aromatic nitrogens is 1. The molecule has 1 aromatic carbocycles. The minimum atomic E-state index is -0.276. The van der Waals surface area contributed by atoms with E-state index in [2.05, 4.69) is 15.6 Å². The quantitative estimate of drug-likeness (QED) is 0.793. The summed E-state index contributed by atoms with van der Waals surface area (Å²) in [4.78, 5) is 16.5. The molecule has 0 bridgehead atoms. The zero-order valence-corrected chi connectivity index (χ0v) is 13.1. The number of carbonyl (C=O) groups excluding carboxylic acids is 1. The van der Waals surface area contributed by atoms with Gasteiger partial charge in [-0.2, -0.15) is 0 Å². The number of anilines is 1. The molecule has 0 saturated heterocycles. The standard InChI is InChI=1S/C15H19N3O2S/c1-4-16-10(3)12-8-21-15(17-12)18-14(20)11-6-5-9(2)13(19)7-11/h5-8,10,16,19H,4H2,1-3H3,(H,17,18,20). The highest BCUT2D eigenvalue weighted by atomic mass is 32.1. The van der Waals surface area contributed by atoms with Crippen molar-refractivity contribution >= 4 is 22.4 Å². The van der Waals surface area contributed by atoms with Crippen LogP contribution in [0.3, 0.4) is 0 Å². The second-order valence-corrected chi connectivity index (χ2v) is 5.67. The number of aromatic hydroxyl groups is 1. The molecule has 6 heteroatoms. The van der Waals surface area contributed by atoms with Gasteiger partial charge in [-0.05, 0) is 38.1 Å². The van der Waals surface area contributed by atoms with E-state index in [0.29, 0.717) is 10.7 Å². The van der Waals surface area contributed by atoms with E-state index in [-0.39, 0.29) is 17.7 Å². The van der Waals surface area contributed by atoms with Crippen molar-refractivity contribution in [1.29, 1.82) is 0 Å². The molecule has 1 heterocycles. The highest BCUT2D eigenvalue weighted by Crippen LogP contribution is 2.22. The normalized spacial score (nSPS) is 12.1. The first-order valence-electron chi connectivity index (χ1n) is 6.81. The van der Waals surface area contributed by atoms with Crippen LogP contribution in [0.5, 0.6) is 5.75 Å². The molecule has 5 nitrogen and oxygen atoms in total. The average Bonchev–Trinajstić information content (AvgIpc) is 2.90. The number of aryl methyl sites for hydroxylation is 1. The van der Waals surface area contributed by atoms with Gasteiger partial charge in [-0.3, -0.25) is 10.1 Å². The predicted octanol–water partition coefficient (Wildman–Crippen LogP) is 3.08. The molecule has 1 unspecified atom stereocenters. The number of phenols is 1. The van der Waals surface area contributed by atoms with Gasteiger partial charge in [0.05, 0.1) is 5.69 Å². The van der Waals surface area contributed by atoms with Gasteiger partial charge in [0.1, 0.15) is 5.75 Å². The maximum Gasteiger partial charge on any atom is 0.257 e. The lowest BCUT2D eigenvalue weighted by molar-refractivity contribution is 0.102. The molecule has 1 aromatic heterocycles. The van der Waals surface area contributed by atoms with Crippen molar-refractivity contribution in [3.63, 3.8) is 0 Å². The van der Waals surface area contributed by atoms with Crippen LogP contribution in [0.2, 0.25) is 0 Å². The highest BCUT2D eigenvalue weighted by Gasteiger charge is 2.13. The monoisotopic (exact) mass is 305 g/mol. The first-order chi connectivity index (χ1) is 10.0. The van der Waals surface area contributed by atoms with Crippen molar-refractivity contribution in [2.24, 2.45) is 0 Å². The van der Waals surface area contributed by atoms with Gasteiger partial charge in [0.15, 0.2) is 5.13 Å². The second kappa shape index (κ2) is 6.69. The summed E-state index contributed by atoms with van der Waals surface area (Å²) >= 11 is 1.39. The summed E-state index contributed by atoms with van der Waals surface area (Å²) in [6.07, 6.45) is 0. The van der Waals surface area contributed by atoms with Gasteiger partial charge >= 0.3 is 0 Å². The van der Waals surface area contributed by atoms with Crippen LogP contribution in [-0.4, -0.2) is 22.5 Å². The van der Waals surface area contributed by atoms with Crippen LogP contribution < -0.4 is 10.6 Å². The topological polar surface area (TPSA) is 74.2 Å². The van der Waals surface area contributed by atoms with E-state index in [9.17, 15) is 9.90 Å². The van der Waals surface area contributed by atoms with Crippen molar-refractivity contribution in [1.82, 2.24) is 10.3 Å². The Morgan fingerprint density at radius 2 is 2.24 bits per heavy atom. The van der Waals surface area contributed by atoms with Crippen LogP contribution in [0.1, 0.15) is 41.5 Å². The molecule has 0 radical (unpaired) electrons. The average molecular weight is 305 g/mol. The summed E-state index contributed by atoms with van der Waals surface area (Å²) in [6.45, 7) is 6.72. The molecule has 2 rings (SSSR count). The molecule has 1 amide bonds. The Balaban J connectivity index is 2.07. The molecule has 0 aliphatic carbocycles. The maximum atomic E-state index is 12.1. The Kier molecular flexibility index (Phi) is 4.93. The van der Waals surface area contributed by atoms with E-state index in [4.69, 9.17) is 0 Å². The fourth-order valence-electron chi connectivity index (χ4n) is 1.87. The minimum absolute atomic E-state index is 0.114. The molecule has 1 atom stereocenters. The first kappa shape index (κ1) is 15.5. The van der Waals surface area contributed by atoms with Crippen molar-refractivity contribution in [2.75, 3.05) is 11.9 Å². The Labute approximate surface area is 128 Å². The van der Waals surface area contributed by atoms with Crippen molar-refractivity contribution in [2.45, 2.75) is 26.8 Å². The molecule has 2 aromatic rings. The molecule has 0 aliphatic rings. The number of benzene rings is 1. The lowest BCUT2D eigenvalue weighted by Gasteiger charge is -2.08. The number of thiazole rings is 1. The minimum Gasteiger partial charge on any atom is -0.508 e. The van der Waals surface area contributed by atoms with Crippen molar-refractivity contribution in [3.05, 3.63) is 40.4 Å². The number of carbonyl (C=O) groups is 1. The van der Waals surface area contributed by atoms with Gasteiger partial charge in [0.2, 0.25) is 0 Å². The van der Waals surface area contributed by atoms with E-state index in [1.165, 1.54) is 17.4 Å². The number of amides is 1. The van der Waals surface area contributed by atoms with E-state index in [0.717, 1.165) is 17.8 Å². The Bertz CT molecular complexity index is 640. The third-order valence-electron chi connectivity index (χ3n) is 3.17. The number of hydrogen-bond acceptors (Lipinski definition) is 5. The van der Waals surface area contributed by atoms with Gasteiger partial charge < -0.3 is 10.4 Å². The molecule has 3 N–H and O–H groups in total. The Hall–Kier alpha value is -1.92. The molecule has 112 valence electrons. The third-order valence-corrected chi connectivity index (χ3v) is 3.94. The lowest BCUT2D eigenvalue weighted by atomic mass is 10.1. The number of phenolic OH excluding ortho intramolecular Hbond substituents is 1. The Morgan fingerprint density at radius 1 is 1.48 bits per heavy atom. The van der Waals surface area contributed by atoms with Gasteiger partial charge in [-0.1, -0.05) is 13.0 Å². The fraction of sp³-hybridized carbons (Fsp3) is 0.333.